The Morgan fingerprint density at radius 2 is 1.89 bits per heavy atom. The number of pyridine rings is 1. The predicted molar refractivity (Wildman–Crippen MR) is 70.2 cm³/mol. The van der Waals surface area contributed by atoms with Crippen molar-refractivity contribution in [3.63, 3.8) is 0 Å². The molecule has 1 aromatic rings. The van der Waals surface area contributed by atoms with Crippen molar-refractivity contribution in [2.45, 2.75) is 33.1 Å². The minimum Gasteiger partial charge on any atom is -0.303 e. The van der Waals surface area contributed by atoms with Crippen molar-refractivity contribution >= 4 is 5.78 Å². The van der Waals surface area contributed by atoms with Gasteiger partial charge < -0.3 is 4.90 Å². The van der Waals surface area contributed by atoms with E-state index in [0.717, 1.165) is 38.7 Å². The lowest BCUT2D eigenvalue weighted by molar-refractivity contribution is 0.0959. The lowest BCUT2D eigenvalue weighted by Gasteiger charge is -2.20. The molecule has 0 bridgehead atoms. The number of Topliss-reactive ketones (excluding diaryl/α,β-unsaturated/α-hetero) is 1. The van der Waals surface area contributed by atoms with Crippen molar-refractivity contribution in [2.75, 3.05) is 19.6 Å². The fourth-order valence-electron chi connectivity index (χ4n) is 1.90. The van der Waals surface area contributed by atoms with Gasteiger partial charge in [-0.3, -0.25) is 9.78 Å². The number of hydrogen-bond acceptors (Lipinski definition) is 3. The number of carbonyl (C=O) groups is 1. The van der Waals surface area contributed by atoms with Crippen LogP contribution >= 0.6 is 0 Å². The third-order valence-corrected chi connectivity index (χ3v) is 2.75. The Balaban J connectivity index is 2.46. The number of aromatic nitrogens is 1. The van der Waals surface area contributed by atoms with Crippen molar-refractivity contribution < 1.29 is 9.18 Å². The van der Waals surface area contributed by atoms with Crippen molar-refractivity contribution in [2.24, 2.45) is 0 Å². The van der Waals surface area contributed by atoms with Gasteiger partial charge in [0, 0.05) is 13.0 Å². The number of carbonyl (C=O) groups excluding carboxylic acids is 1. The van der Waals surface area contributed by atoms with Crippen molar-refractivity contribution in [1.29, 1.82) is 0 Å². The summed E-state index contributed by atoms with van der Waals surface area (Å²) in [6, 6.07) is 2.72. The van der Waals surface area contributed by atoms with Gasteiger partial charge in [0.2, 0.25) is 0 Å². The summed E-state index contributed by atoms with van der Waals surface area (Å²) in [7, 11) is 0. The van der Waals surface area contributed by atoms with Gasteiger partial charge in [-0.25, -0.2) is 4.39 Å². The second-order valence-electron chi connectivity index (χ2n) is 4.38. The van der Waals surface area contributed by atoms with Gasteiger partial charge >= 0.3 is 0 Å². The predicted octanol–water partition coefficient (Wildman–Crippen LogP) is 2.92. The van der Waals surface area contributed by atoms with Gasteiger partial charge in [-0.05, 0) is 38.1 Å². The smallest absolute Gasteiger partial charge is 0.182 e. The summed E-state index contributed by atoms with van der Waals surface area (Å²) < 4.78 is 12.7. The van der Waals surface area contributed by atoms with Gasteiger partial charge in [0.1, 0.15) is 11.5 Å². The molecule has 1 aromatic heterocycles. The lowest BCUT2D eigenvalue weighted by atomic mass is 10.2. The normalized spacial score (nSPS) is 10.9. The molecule has 1 heterocycles. The summed E-state index contributed by atoms with van der Waals surface area (Å²) in [5, 5.41) is 0. The van der Waals surface area contributed by atoms with Gasteiger partial charge in [0.05, 0.1) is 6.20 Å². The van der Waals surface area contributed by atoms with Crippen molar-refractivity contribution in [3.05, 3.63) is 29.8 Å². The molecule has 1 rings (SSSR count). The van der Waals surface area contributed by atoms with Crippen LogP contribution < -0.4 is 0 Å². The van der Waals surface area contributed by atoms with E-state index in [9.17, 15) is 9.18 Å². The van der Waals surface area contributed by atoms with Gasteiger partial charge in [-0.1, -0.05) is 13.8 Å². The number of rotatable bonds is 8. The molecule has 0 N–H and O–H groups in total. The zero-order chi connectivity index (χ0) is 13.4. The zero-order valence-corrected chi connectivity index (χ0v) is 11.2. The summed E-state index contributed by atoms with van der Waals surface area (Å²) >= 11 is 0. The number of nitrogens with zero attached hydrogens (tertiary/aromatic N) is 2. The highest BCUT2D eigenvalue weighted by molar-refractivity contribution is 5.94. The second-order valence-corrected chi connectivity index (χ2v) is 4.38. The zero-order valence-electron chi connectivity index (χ0n) is 11.2. The minimum atomic E-state index is -0.412. The quantitative estimate of drug-likeness (QED) is 0.667. The SMILES string of the molecule is CCCN(CCC)CCC(=O)c1ccc(F)cn1. The number of hydrogen-bond donors (Lipinski definition) is 0. The molecule has 3 nitrogen and oxygen atoms in total. The summed E-state index contributed by atoms with van der Waals surface area (Å²) in [6.07, 6.45) is 3.70. The fourth-order valence-corrected chi connectivity index (χ4v) is 1.90. The summed E-state index contributed by atoms with van der Waals surface area (Å²) in [5.41, 5.74) is 0.351. The lowest BCUT2D eigenvalue weighted by Crippen LogP contribution is -2.28. The van der Waals surface area contributed by atoms with Crippen LogP contribution in [-0.2, 0) is 0 Å². The van der Waals surface area contributed by atoms with Gasteiger partial charge in [0.15, 0.2) is 5.78 Å². The van der Waals surface area contributed by atoms with Crippen molar-refractivity contribution in [3.8, 4) is 0 Å². The van der Waals surface area contributed by atoms with Gasteiger partial charge in [-0.15, -0.1) is 0 Å². The molecule has 0 aromatic carbocycles. The maximum absolute atomic E-state index is 12.7. The van der Waals surface area contributed by atoms with Crippen molar-refractivity contribution in [1.82, 2.24) is 9.88 Å². The van der Waals surface area contributed by atoms with Gasteiger partial charge in [0.25, 0.3) is 0 Å². The van der Waals surface area contributed by atoms with E-state index < -0.39 is 5.82 Å². The van der Waals surface area contributed by atoms with Crippen LogP contribution in [0.15, 0.2) is 18.3 Å². The Morgan fingerprint density at radius 1 is 1.22 bits per heavy atom. The summed E-state index contributed by atoms with van der Waals surface area (Å²) in [6.45, 7) is 7.04. The third kappa shape index (κ3) is 4.92. The van der Waals surface area contributed by atoms with Crippen LogP contribution in [-0.4, -0.2) is 35.3 Å². The van der Waals surface area contributed by atoms with E-state index in [0.29, 0.717) is 12.1 Å². The molecule has 18 heavy (non-hydrogen) atoms. The molecule has 0 aliphatic heterocycles. The second kappa shape index (κ2) is 7.93. The molecule has 0 saturated heterocycles. The van der Waals surface area contributed by atoms with Crippen LogP contribution in [0.4, 0.5) is 4.39 Å². The topological polar surface area (TPSA) is 33.2 Å². The minimum absolute atomic E-state index is 0.0211. The fraction of sp³-hybridized carbons (Fsp3) is 0.571. The van der Waals surface area contributed by atoms with E-state index >= 15 is 0 Å². The summed E-state index contributed by atoms with van der Waals surface area (Å²) in [4.78, 5) is 17.9. The van der Waals surface area contributed by atoms with Crippen LogP contribution in [0.25, 0.3) is 0 Å². The molecule has 0 unspecified atom stereocenters. The Morgan fingerprint density at radius 3 is 2.39 bits per heavy atom. The maximum Gasteiger partial charge on any atom is 0.182 e. The number of halogens is 1. The first-order valence-corrected chi connectivity index (χ1v) is 6.54. The first-order valence-electron chi connectivity index (χ1n) is 6.54. The van der Waals surface area contributed by atoms with E-state index in [4.69, 9.17) is 0 Å². The van der Waals surface area contributed by atoms with Crippen LogP contribution in [0.2, 0.25) is 0 Å². The largest absolute Gasteiger partial charge is 0.303 e. The highest BCUT2D eigenvalue weighted by Crippen LogP contribution is 2.04. The van der Waals surface area contributed by atoms with Crippen LogP contribution in [0, 0.1) is 5.82 Å². The molecule has 0 aliphatic carbocycles. The number of ketones is 1. The highest BCUT2D eigenvalue weighted by Gasteiger charge is 2.10. The standard InChI is InChI=1S/C14H21FN2O/c1-3-8-17(9-4-2)10-7-14(18)13-6-5-12(15)11-16-13/h5-6,11H,3-4,7-10H2,1-2H3. The molecule has 4 heteroatoms. The third-order valence-electron chi connectivity index (χ3n) is 2.75. The van der Waals surface area contributed by atoms with Gasteiger partial charge in [-0.2, -0.15) is 0 Å². The molecule has 0 fully saturated rings. The molecular weight excluding hydrogens is 231 g/mol. The van der Waals surface area contributed by atoms with E-state index in [1.54, 1.807) is 0 Å². The van der Waals surface area contributed by atoms with E-state index in [1.165, 1.54) is 12.1 Å². The molecule has 0 saturated carbocycles. The monoisotopic (exact) mass is 252 g/mol. The molecule has 0 amide bonds. The summed E-state index contributed by atoms with van der Waals surface area (Å²) in [5.74, 6) is -0.433. The first kappa shape index (κ1) is 14.8. The average molecular weight is 252 g/mol. The Kier molecular flexibility index (Phi) is 6.50. The average Bonchev–Trinajstić information content (AvgIpc) is 2.37. The van der Waals surface area contributed by atoms with E-state index in [2.05, 4.69) is 23.7 Å². The van der Waals surface area contributed by atoms with Crippen LogP contribution in [0.1, 0.15) is 43.6 Å². The van der Waals surface area contributed by atoms with E-state index in [-0.39, 0.29) is 5.78 Å². The molecule has 0 atom stereocenters. The van der Waals surface area contributed by atoms with E-state index in [1.807, 2.05) is 0 Å². The molecule has 100 valence electrons. The Labute approximate surface area is 108 Å². The maximum atomic E-state index is 12.7. The van der Waals surface area contributed by atoms with Crippen LogP contribution in [0.3, 0.4) is 0 Å². The molecular formula is C14H21FN2O. The van der Waals surface area contributed by atoms with Crippen LogP contribution in [0.5, 0.6) is 0 Å². The Hall–Kier alpha value is -1.29. The Bertz CT molecular complexity index is 359. The molecule has 0 radical (unpaired) electrons. The molecule has 0 spiro atoms. The highest BCUT2D eigenvalue weighted by atomic mass is 19.1. The molecule has 0 aliphatic rings. The first-order chi connectivity index (χ1) is 8.67.